The zero-order valence-electron chi connectivity index (χ0n) is 10.2. The third-order valence-corrected chi connectivity index (χ3v) is 4.39. The number of halogens is 1. The molecule has 0 unspecified atom stereocenters. The SMILES string of the molecule is NC(=O)CN1CCC(NCc2ccc(Cl)s2)CC1. The van der Waals surface area contributed by atoms with Gasteiger partial charge in [-0.15, -0.1) is 11.3 Å². The monoisotopic (exact) mass is 287 g/mol. The fraction of sp³-hybridized carbons (Fsp3) is 0.583. The molecule has 0 atom stereocenters. The molecule has 0 bridgehead atoms. The molecule has 0 spiro atoms. The molecule has 0 aromatic carbocycles. The lowest BCUT2D eigenvalue weighted by Crippen LogP contribution is -2.44. The first-order valence-electron chi connectivity index (χ1n) is 6.12. The lowest BCUT2D eigenvalue weighted by Gasteiger charge is -2.31. The molecule has 0 saturated carbocycles. The van der Waals surface area contributed by atoms with Crippen LogP contribution in [0.5, 0.6) is 0 Å². The first-order valence-corrected chi connectivity index (χ1v) is 7.31. The molecule has 1 aliphatic rings. The summed E-state index contributed by atoms with van der Waals surface area (Å²) in [4.78, 5) is 14.2. The molecule has 2 rings (SSSR count). The Kier molecular flexibility index (Phi) is 5.00. The molecular formula is C12H18ClN3OS. The molecule has 0 radical (unpaired) electrons. The number of carbonyl (C=O) groups excluding carboxylic acids is 1. The molecule has 3 N–H and O–H groups in total. The van der Waals surface area contributed by atoms with Crippen molar-refractivity contribution in [1.82, 2.24) is 10.2 Å². The number of primary amides is 1. The van der Waals surface area contributed by atoms with Crippen molar-refractivity contribution in [3.8, 4) is 0 Å². The third-order valence-electron chi connectivity index (χ3n) is 3.16. The Hall–Kier alpha value is -0.620. The van der Waals surface area contributed by atoms with Gasteiger partial charge in [0.15, 0.2) is 0 Å². The van der Waals surface area contributed by atoms with Crippen molar-refractivity contribution in [2.24, 2.45) is 5.73 Å². The van der Waals surface area contributed by atoms with Gasteiger partial charge in [0.2, 0.25) is 5.91 Å². The molecule has 1 aromatic heterocycles. The first kappa shape index (κ1) is 13.8. The number of rotatable bonds is 5. The Morgan fingerprint density at radius 2 is 2.22 bits per heavy atom. The molecule has 1 amide bonds. The van der Waals surface area contributed by atoms with E-state index < -0.39 is 0 Å². The fourth-order valence-electron chi connectivity index (χ4n) is 2.21. The predicted octanol–water partition coefficient (Wildman–Crippen LogP) is 1.44. The summed E-state index contributed by atoms with van der Waals surface area (Å²) in [6, 6.07) is 4.51. The molecule has 100 valence electrons. The van der Waals surface area contributed by atoms with Gasteiger partial charge in [-0.3, -0.25) is 9.69 Å². The topological polar surface area (TPSA) is 58.4 Å². The van der Waals surface area contributed by atoms with Crippen LogP contribution in [-0.4, -0.2) is 36.5 Å². The molecule has 1 aliphatic heterocycles. The van der Waals surface area contributed by atoms with Gasteiger partial charge in [0, 0.05) is 30.6 Å². The number of hydrogen-bond acceptors (Lipinski definition) is 4. The number of likely N-dealkylation sites (tertiary alicyclic amines) is 1. The van der Waals surface area contributed by atoms with E-state index in [4.69, 9.17) is 17.3 Å². The van der Waals surface area contributed by atoms with Crippen LogP contribution in [0, 0.1) is 0 Å². The molecular weight excluding hydrogens is 270 g/mol. The van der Waals surface area contributed by atoms with Gasteiger partial charge in [-0.25, -0.2) is 0 Å². The van der Waals surface area contributed by atoms with Crippen molar-refractivity contribution in [2.75, 3.05) is 19.6 Å². The molecule has 18 heavy (non-hydrogen) atoms. The van der Waals surface area contributed by atoms with E-state index in [0.29, 0.717) is 12.6 Å². The van der Waals surface area contributed by atoms with Crippen molar-refractivity contribution in [2.45, 2.75) is 25.4 Å². The van der Waals surface area contributed by atoms with E-state index in [2.05, 4.69) is 16.3 Å². The van der Waals surface area contributed by atoms with Crippen LogP contribution in [0.25, 0.3) is 0 Å². The minimum Gasteiger partial charge on any atom is -0.369 e. The summed E-state index contributed by atoms with van der Waals surface area (Å²) in [6.07, 6.45) is 2.12. The number of carbonyl (C=O) groups is 1. The van der Waals surface area contributed by atoms with Crippen molar-refractivity contribution < 1.29 is 4.79 Å². The highest BCUT2D eigenvalue weighted by molar-refractivity contribution is 7.16. The smallest absolute Gasteiger partial charge is 0.231 e. The predicted molar refractivity (Wildman–Crippen MR) is 74.8 cm³/mol. The van der Waals surface area contributed by atoms with E-state index in [-0.39, 0.29) is 5.91 Å². The number of hydrogen-bond donors (Lipinski definition) is 2. The number of piperidine rings is 1. The van der Waals surface area contributed by atoms with Gasteiger partial charge >= 0.3 is 0 Å². The normalized spacial score (nSPS) is 18.1. The fourth-order valence-corrected chi connectivity index (χ4v) is 3.25. The van der Waals surface area contributed by atoms with E-state index in [1.807, 2.05) is 6.07 Å². The number of nitrogens with zero attached hydrogens (tertiary/aromatic N) is 1. The number of amides is 1. The highest BCUT2D eigenvalue weighted by Crippen LogP contribution is 2.21. The van der Waals surface area contributed by atoms with Gasteiger partial charge in [0.05, 0.1) is 10.9 Å². The Bertz CT molecular complexity index is 402. The minimum absolute atomic E-state index is 0.241. The van der Waals surface area contributed by atoms with Gasteiger partial charge in [-0.1, -0.05) is 11.6 Å². The maximum absolute atomic E-state index is 10.8. The summed E-state index contributed by atoms with van der Waals surface area (Å²) in [5, 5.41) is 3.53. The van der Waals surface area contributed by atoms with Gasteiger partial charge < -0.3 is 11.1 Å². The second-order valence-corrected chi connectivity index (χ2v) is 6.40. The largest absolute Gasteiger partial charge is 0.369 e. The highest BCUT2D eigenvalue weighted by Gasteiger charge is 2.19. The van der Waals surface area contributed by atoms with E-state index in [0.717, 1.165) is 36.8 Å². The average molecular weight is 288 g/mol. The first-order chi connectivity index (χ1) is 8.63. The Balaban J connectivity index is 1.69. The van der Waals surface area contributed by atoms with Crippen molar-refractivity contribution in [1.29, 1.82) is 0 Å². The summed E-state index contributed by atoms with van der Waals surface area (Å²) in [5.74, 6) is -0.241. The quantitative estimate of drug-likeness (QED) is 0.862. The van der Waals surface area contributed by atoms with Crippen LogP contribution >= 0.6 is 22.9 Å². The Morgan fingerprint density at radius 3 is 2.78 bits per heavy atom. The Labute approximate surface area is 116 Å². The molecule has 2 heterocycles. The molecule has 1 saturated heterocycles. The zero-order chi connectivity index (χ0) is 13.0. The van der Waals surface area contributed by atoms with Gasteiger partial charge in [-0.05, 0) is 25.0 Å². The Morgan fingerprint density at radius 1 is 1.50 bits per heavy atom. The summed E-state index contributed by atoms with van der Waals surface area (Å²) in [7, 11) is 0. The maximum atomic E-state index is 10.8. The summed E-state index contributed by atoms with van der Waals surface area (Å²) in [5.41, 5.74) is 5.19. The van der Waals surface area contributed by atoms with Crippen LogP contribution in [0.15, 0.2) is 12.1 Å². The third kappa shape index (κ3) is 4.24. The van der Waals surface area contributed by atoms with E-state index in [1.54, 1.807) is 11.3 Å². The van der Waals surface area contributed by atoms with Gasteiger partial charge in [-0.2, -0.15) is 0 Å². The van der Waals surface area contributed by atoms with E-state index >= 15 is 0 Å². The van der Waals surface area contributed by atoms with Crippen LogP contribution in [0.4, 0.5) is 0 Å². The maximum Gasteiger partial charge on any atom is 0.231 e. The molecule has 1 aromatic rings. The lowest BCUT2D eigenvalue weighted by molar-refractivity contribution is -0.119. The van der Waals surface area contributed by atoms with Crippen LogP contribution in [0.3, 0.4) is 0 Å². The van der Waals surface area contributed by atoms with E-state index in [9.17, 15) is 4.79 Å². The summed E-state index contributed by atoms with van der Waals surface area (Å²) >= 11 is 7.51. The molecule has 1 fully saturated rings. The summed E-state index contributed by atoms with van der Waals surface area (Å²) < 4.78 is 0.836. The van der Waals surface area contributed by atoms with Crippen molar-refractivity contribution in [3.63, 3.8) is 0 Å². The van der Waals surface area contributed by atoms with E-state index in [1.165, 1.54) is 4.88 Å². The van der Waals surface area contributed by atoms with Crippen molar-refractivity contribution >= 4 is 28.8 Å². The van der Waals surface area contributed by atoms with Crippen LogP contribution < -0.4 is 11.1 Å². The zero-order valence-corrected chi connectivity index (χ0v) is 11.8. The van der Waals surface area contributed by atoms with Crippen molar-refractivity contribution in [3.05, 3.63) is 21.3 Å². The van der Waals surface area contributed by atoms with Gasteiger partial charge in [0.25, 0.3) is 0 Å². The molecule has 4 nitrogen and oxygen atoms in total. The second kappa shape index (κ2) is 6.52. The lowest BCUT2D eigenvalue weighted by atomic mass is 10.1. The van der Waals surface area contributed by atoms with Crippen LogP contribution in [0.2, 0.25) is 4.34 Å². The van der Waals surface area contributed by atoms with Crippen LogP contribution in [-0.2, 0) is 11.3 Å². The minimum atomic E-state index is -0.241. The average Bonchev–Trinajstić information content (AvgIpc) is 2.74. The van der Waals surface area contributed by atoms with Gasteiger partial charge in [0.1, 0.15) is 0 Å². The number of nitrogens with two attached hydrogens (primary N) is 1. The highest BCUT2D eigenvalue weighted by atomic mass is 35.5. The van der Waals surface area contributed by atoms with Crippen LogP contribution in [0.1, 0.15) is 17.7 Å². The number of thiophene rings is 1. The standard InChI is InChI=1S/C12H18ClN3OS/c13-11-2-1-10(18-11)7-15-9-3-5-16(6-4-9)8-12(14)17/h1-2,9,15H,3-8H2,(H2,14,17). The molecule has 0 aliphatic carbocycles. The molecule has 6 heteroatoms. The summed E-state index contributed by atoms with van der Waals surface area (Å²) in [6.45, 7) is 3.13. The second-order valence-electron chi connectivity index (χ2n) is 4.60. The number of nitrogens with one attached hydrogen (secondary N) is 1.